The minimum absolute atomic E-state index is 0.0631. The van der Waals surface area contributed by atoms with Crippen LogP contribution < -0.4 is 10.4 Å². The van der Waals surface area contributed by atoms with E-state index in [1.54, 1.807) is 35.2 Å². The van der Waals surface area contributed by atoms with Crippen LogP contribution in [0, 0.1) is 11.7 Å². The normalized spacial score (nSPS) is 19.7. The molecule has 0 aromatic heterocycles. The van der Waals surface area contributed by atoms with Crippen molar-refractivity contribution >= 4 is 34.8 Å². The van der Waals surface area contributed by atoms with Gasteiger partial charge in [-0.05, 0) is 36.4 Å². The molecule has 2 aliphatic heterocycles. The van der Waals surface area contributed by atoms with Crippen LogP contribution in [0.2, 0.25) is 10.0 Å². The number of carbonyl (C=O) groups is 1. The van der Waals surface area contributed by atoms with E-state index in [-0.39, 0.29) is 22.7 Å². The summed E-state index contributed by atoms with van der Waals surface area (Å²) in [5.74, 6) is -0.372. The van der Waals surface area contributed by atoms with E-state index in [9.17, 15) is 9.18 Å². The van der Waals surface area contributed by atoms with E-state index in [0.717, 1.165) is 17.1 Å². The molecule has 0 saturated heterocycles. The van der Waals surface area contributed by atoms with Crippen LogP contribution in [0.5, 0.6) is 0 Å². The first-order valence-corrected chi connectivity index (χ1v) is 9.64. The van der Waals surface area contributed by atoms with Crippen molar-refractivity contribution in [2.75, 3.05) is 25.1 Å². The molecule has 0 bridgehead atoms. The van der Waals surface area contributed by atoms with Crippen molar-refractivity contribution in [2.24, 2.45) is 5.92 Å². The zero-order chi connectivity index (χ0) is 20.0. The van der Waals surface area contributed by atoms with E-state index in [4.69, 9.17) is 23.2 Å². The number of amides is 1. The highest BCUT2D eigenvalue weighted by molar-refractivity contribution is 6.43. The number of nitrogens with zero attached hydrogens (tertiary/aromatic N) is 3. The number of hydrogen-bond acceptors (Lipinski definition) is 4. The summed E-state index contributed by atoms with van der Waals surface area (Å²) >= 11 is 12.3. The van der Waals surface area contributed by atoms with Crippen LogP contribution in [0.4, 0.5) is 10.1 Å². The molecule has 5 nitrogen and oxygen atoms in total. The molecule has 0 radical (unpaired) electrons. The summed E-state index contributed by atoms with van der Waals surface area (Å²) in [6.45, 7) is 3.02. The van der Waals surface area contributed by atoms with E-state index in [1.165, 1.54) is 12.1 Å². The molecule has 0 aliphatic carbocycles. The third-order valence-electron chi connectivity index (χ3n) is 4.98. The molecule has 0 spiro atoms. The van der Waals surface area contributed by atoms with Crippen LogP contribution in [0.25, 0.3) is 0 Å². The fourth-order valence-electron chi connectivity index (χ4n) is 3.78. The van der Waals surface area contributed by atoms with Crippen LogP contribution in [0.15, 0.2) is 53.9 Å². The molecule has 1 amide bonds. The molecule has 28 heavy (non-hydrogen) atoms. The fraction of sp³-hybridized carbons (Fsp3) is 0.250. The Hall–Kier alpha value is -2.28. The summed E-state index contributed by atoms with van der Waals surface area (Å²) in [6.07, 6.45) is 0. The first kappa shape index (κ1) is 19.1. The Labute approximate surface area is 172 Å². The van der Waals surface area contributed by atoms with Crippen LogP contribution in [0.1, 0.15) is 17.3 Å². The monoisotopic (exact) mass is 420 g/mol. The zero-order valence-electron chi connectivity index (χ0n) is 15.4. The quantitative estimate of drug-likeness (QED) is 0.785. The Kier molecular flexibility index (Phi) is 4.95. The van der Waals surface area contributed by atoms with E-state index >= 15 is 0 Å². The first-order valence-electron chi connectivity index (χ1n) is 8.89. The van der Waals surface area contributed by atoms with Gasteiger partial charge in [0.1, 0.15) is 5.82 Å². The summed E-state index contributed by atoms with van der Waals surface area (Å²) in [4.78, 5) is 14.8. The number of nitrogens with one attached hydrogen (secondary N) is 1. The highest BCUT2D eigenvalue weighted by Crippen LogP contribution is 2.35. The highest BCUT2D eigenvalue weighted by atomic mass is 35.5. The van der Waals surface area contributed by atoms with E-state index < -0.39 is 0 Å². The third-order valence-corrected chi connectivity index (χ3v) is 5.80. The second-order valence-corrected chi connectivity index (χ2v) is 7.76. The van der Waals surface area contributed by atoms with Crippen LogP contribution >= 0.6 is 23.2 Å². The van der Waals surface area contributed by atoms with Gasteiger partial charge in [0.15, 0.2) is 0 Å². The van der Waals surface area contributed by atoms with Crippen molar-refractivity contribution in [3.05, 3.63) is 75.3 Å². The molecular formula is C20H19Cl2FN4O. The number of hydrazine groups is 2. The van der Waals surface area contributed by atoms with Crippen molar-refractivity contribution in [2.45, 2.75) is 6.92 Å². The van der Waals surface area contributed by atoms with Gasteiger partial charge in [-0.25, -0.2) is 4.39 Å². The Morgan fingerprint density at radius 3 is 2.61 bits per heavy atom. The lowest BCUT2D eigenvalue weighted by Gasteiger charge is -2.35. The van der Waals surface area contributed by atoms with Crippen LogP contribution in [-0.4, -0.2) is 36.1 Å². The number of hydrogen-bond donors (Lipinski definition) is 1. The number of halogens is 3. The molecule has 0 fully saturated rings. The van der Waals surface area contributed by atoms with Crippen molar-refractivity contribution in [3.8, 4) is 0 Å². The summed E-state index contributed by atoms with van der Waals surface area (Å²) in [5.41, 5.74) is 6.55. The number of rotatable bonds is 2. The SMILES string of the molecule is CC1CN(C(=O)c2cccc(Cl)c2Cl)CC2=C1N(c1ccc(F)cc1)N(C)N2. The number of benzene rings is 2. The highest BCUT2D eigenvalue weighted by Gasteiger charge is 2.38. The average molecular weight is 421 g/mol. The summed E-state index contributed by atoms with van der Waals surface area (Å²) in [6, 6.07) is 11.4. The van der Waals surface area contributed by atoms with Gasteiger partial charge in [0, 0.05) is 19.5 Å². The molecule has 2 aromatic rings. The predicted molar refractivity (Wildman–Crippen MR) is 108 cm³/mol. The van der Waals surface area contributed by atoms with Gasteiger partial charge in [0.2, 0.25) is 0 Å². The standard InChI is InChI=1S/C20H19Cl2FN4O/c1-12-10-26(20(28)15-4-3-5-16(21)18(15)22)11-17-19(12)27(25(2)24-17)14-8-6-13(23)7-9-14/h3-9,12,24H,10-11H2,1-2H3. The Bertz CT molecular complexity index is 963. The third kappa shape index (κ3) is 3.21. The molecule has 2 aliphatic rings. The van der Waals surface area contributed by atoms with Crippen LogP contribution in [-0.2, 0) is 0 Å². The van der Waals surface area contributed by atoms with Crippen molar-refractivity contribution < 1.29 is 9.18 Å². The van der Waals surface area contributed by atoms with Gasteiger partial charge in [0.05, 0.1) is 39.2 Å². The largest absolute Gasteiger partial charge is 0.332 e. The first-order chi connectivity index (χ1) is 13.4. The van der Waals surface area contributed by atoms with Gasteiger partial charge in [-0.15, -0.1) is 5.12 Å². The van der Waals surface area contributed by atoms with Crippen LogP contribution in [0.3, 0.4) is 0 Å². The summed E-state index contributed by atoms with van der Waals surface area (Å²) in [5, 5.41) is 4.48. The molecule has 1 N–H and O–H groups in total. The average Bonchev–Trinajstić information content (AvgIpc) is 3.00. The van der Waals surface area contributed by atoms with Gasteiger partial charge >= 0.3 is 0 Å². The maximum atomic E-state index is 13.3. The lowest BCUT2D eigenvalue weighted by molar-refractivity contribution is 0.0741. The maximum Gasteiger partial charge on any atom is 0.255 e. The second kappa shape index (κ2) is 7.28. The second-order valence-electron chi connectivity index (χ2n) is 6.98. The summed E-state index contributed by atoms with van der Waals surface area (Å²) in [7, 11) is 1.88. The lowest BCUT2D eigenvalue weighted by atomic mass is 9.99. The zero-order valence-corrected chi connectivity index (χ0v) is 16.9. The van der Waals surface area contributed by atoms with E-state index in [0.29, 0.717) is 23.7 Å². The predicted octanol–water partition coefficient (Wildman–Crippen LogP) is 4.31. The Balaban J connectivity index is 1.63. The molecule has 0 saturated carbocycles. The Morgan fingerprint density at radius 1 is 1.18 bits per heavy atom. The van der Waals surface area contributed by atoms with Crippen molar-refractivity contribution in [3.63, 3.8) is 0 Å². The smallest absolute Gasteiger partial charge is 0.255 e. The van der Waals surface area contributed by atoms with Gasteiger partial charge < -0.3 is 10.3 Å². The van der Waals surface area contributed by atoms with E-state index in [1.807, 2.05) is 17.2 Å². The lowest BCUT2D eigenvalue weighted by Crippen LogP contribution is -2.42. The molecule has 2 heterocycles. The molecule has 146 valence electrons. The molecule has 1 unspecified atom stereocenters. The minimum Gasteiger partial charge on any atom is -0.332 e. The van der Waals surface area contributed by atoms with Crippen molar-refractivity contribution in [1.29, 1.82) is 0 Å². The number of carbonyl (C=O) groups excluding carboxylic acids is 1. The maximum absolute atomic E-state index is 13.3. The van der Waals surface area contributed by atoms with E-state index in [2.05, 4.69) is 12.3 Å². The van der Waals surface area contributed by atoms with Gasteiger partial charge in [-0.1, -0.05) is 36.2 Å². The molecular weight excluding hydrogens is 402 g/mol. The molecule has 4 rings (SSSR count). The molecule has 8 heteroatoms. The number of anilines is 1. The van der Waals surface area contributed by atoms with Gasteiger partial charge in [0.25, 0.3) is 5.91 Å². The fourth-order valence-corrected chi connectivity index (χ4v) is 4.16. The van der Waals surface area contributed by atoms with Crippen molar-refractivity contribution in [1.82, 2.24) is 15.4 Å². The molecule has 1 atom stereocenters. The Morgan fingerprint density at radius 2 is 1.89 bits per heavy atom. The van der Waals surface area contributed by atoms with Gasteiger partial charge in [-0.2, -0.15) is 0 Å². The topological polar surface area (TPSA) is 38.8 Å². The van der Waals surface area contributed by atoms with Gasteiger partial charge in [-0.3, -0.25) is 9.80 Å². The summed E-state index contributed by atoms with van der Waals surface area (Å²) < 4.78 is 13.3. The molecule has 2 aromatic carbocycles. The minimum atomic E-state index is -0.278.